The van der Waals surface area contributed by atoms with E-state index in [1.54, 1.807) is 0 Å². The smallest absolute Gasteiger partial charge is 0.870 e. The van der Waals surface area contributed by atoms with Crippen molar-refractivity contribution in [3.05, 3.63) is 0 Å². The maximum Gasteiger partial charge on any atom is 2.00 e. The van der Waals surface area contributed by atoms with Crippen molar-refractivity contribution < 1.29 is 108 Å². The summed E-state index contributed by atoms with van der Waals surface area (Å²) < 4.78 is 26.4. The van der Waals surface area contributed by atoms with Crippen molar-refractivity contribution in [2.24, 2.45) is 0 Å². The predicted octanol–water partition coefficient (Wildman–Crippen LogP) is -2.17. The van der Waals surface area contributed by atoms with Gasteiger partial charge in [0.1, 0.15) is 0 Å². The van der Waals surface area contributed by atoms with E-state index in [9.17, 15) is 19.2 Å². The quantitative estimate of drug-likeness (QED) is 0.0470. The summed E-state index contributed by atoms with van der Waals surface area (Å²) in [6, 6.07) is 0. The zero-order valence-corrected chi connectivity index (χ0v) is 41.3. The van der Waals surface area contributed by atoms with Gasteiger partial charge in [0.25, 0.3) is 0 Å². The van der Waals surface area contributed by atoms with Crippen molar-refractivity contribution in [1.82, 2.24) is 0 Å². The van der Waals surface area contributed by atoms with E-state index in [0.29, 0.717) is 0 Å². The van der Waals surface area contributed by atoms with Gasteiger partial charge in [-0.25, -0.2) is 0 Å². The molecule has 2 N–H and O–H groups in total. The Balaban J connectivity index is -0.000000505. The summed E-state index contributed by atoms with van der Waals surface area (Å²) in [5.41, 5.74) is 0. The fraction of sp³-hybridized carbons (Fsp3) is 1.00. The molecule has 20 heteroatoms. The predicted molar refractivity (Wildman–Crippen MR) is 192 cm³/mol. The van der Waals surface area contributed by atoms with E-state index in [1.807, 2.05) is 0 Å². The van der Waals surface area contributed by atoms with Gasteiger partial charge >= 0.3 is 108 Å². The summed E-state index contributed by atoms with van der Waals surface area (Å²) in [5, 5.41) is 0. The van der Waals surface area contributed by atoms with Gasteiger partial charge in [-0.1, -0.05) is 155 Å². The van der Waals surface area contributed by atoms with Crippen molar-refractivity contribution in [2.45, 2.75) is 181 Å². The van der Waals surface area contributed by atoms with Gasteiger partial charge in [0.05, 0.1) is 27.2 Å². The molecule has 6 saturated heterocycles. The van der Waals surface area contributed by atoms with Gasteiger partial charge in [0, 0.05) is 0 Å². The third kappa shape index (κ3) is 28.2. The Labute approximate surface area is 371 Å². The number of rotatable bonds is 28. The monoisotopic (exact) mass is 826 g/mol. The van der Waals surface area contributed by atoms with Crippen LogP contribution in [0.4, 0.5) is 0 Å². The fourth-order valence-corrected chi connectivity index (χ4v) is 18.1. The molecule has 0 atom stereocenters. The summed E-state index contributed by atoms with van der Waals surface area (Å²) >= 11 is 0. The second-order valence-corrected chi connectivity index (χ2v) is 23.4. The van der Waals surface area contributed by atoms with Gasteiger partial charge in [-0.3, -0.25) is 0 Å². The van der Waals surface area contributed by atoms with Crippen molar-refractivity contribution in [3.8, 4) is 0 Å². The molecule has 0 radical (unpaired) electrons. The number of quaternary nitrogens is 1. The van der Waals surface area contributed by atoms with Gasteiger partial charge < -0.3 is 59.3 Å². The first-order valence-electron chi connectivity index (χ1n) is 19.2. The van der Waals surface area contributed by atoms with E-state index in [-0.39, 0.29) is 82.4 Å². The molecule has 6 fully saturated rings. The topological polar surface area (TPSA) is 208 Å². The van der Waals surface area contributed by atoms with E-state index in [0.717, 1.165) is 0 Å². The van der Waals surface area contributed by atoms with Crippen LogP contribution in [0.2, 0.25) is 0 Å². The first-order valence-corrected chi connectivity index (χ1v) is 25.7. The van der Waals surface area contributed by atoms with E-state index < -0.39 is 36.2 Å². The molecule has 4 bridgehead atoms. The molecule has 0 aromatic carbocycles. The molecule has 0 aliphatic carbocycles. The summed E-state index contributed by atoms with van der Waals surface area (Å²) in [6.45, 7) is 7.38. The van der Waals surface area contributed by atoms with Gasteiger partial charge in [-0.05, 0) is 25.7 Å². The zero-order chi connectivity index (χ0) is 34.5. The van der Waals surface area contributed by atoms with Gasteiger partial charge in [-0.15, -0.1) is 0 Å². The minimum absolute atomic E-state index is 0. The molecule has 13 nitrogen and oxygen atoms in total. The maximum absolute atomic E-state index is 11.1. The van der Waals surface area contributed by atoms with Crippen LogP contribution in [0.25, 0.3) is 0 Å². The molecule has 6 heterocycles. The SMILES string of the molecule is CCCCCCCCCCCCCCCC[N+](C)(C)CCCCCCCCCCCCCC.[Li+].[Mg+2].[Na+].[O-][Si]12O[Si]([O-])(O1)O[Si]1([O-])O[Si]([O-])(O1)O2.[OH-].[OH-]. The van der Waals surface area contributed by atoms with Crippen LogP contribution in [0.15, 0.2) is 0 Å². The van der Waals surface area contributed by atoms with Gasteiger partial charge in [-0.2, -0.15) is 0 Å². The summed E-state index contributed by atoms with van der Waals surface area (Å²) in [6.07, 6.45) is 38.0. The summed E-state index contributed by atoms with van der Waals surface area (Å²) in [7, 11) is -13.0. The second kappa shape index (κ2) is 33.5. The Morgan fingerprint density at radius 2 is 0.519 bits per heavy atom. The first kappa shape index (κ1) is 61.4. The average Bonchev–Trinajstić information content (AvgIpc) is 2.95. The van der Waals surface area contributed by atoms with Gasteiger partial charge in [0.2, 0.25) is 0 Å². The molecule has 52 heavy (non-hydrogen) atoms. The molecule has 0 spiro atoms. The fourth-order valence-electron chi connectivity index (χ4n) is 6.33. The van der Waals surface area contributed by atoms with Crippen LogP contribution < -0.4 is 67.6 Å². The van der Waals surface area contributed by atoms with Crippen LogP contribution in [0, 0.1) is 0 Å². The largest absolute Gasteiger partial charge is 2.00 e. The van der Waals surface area contributed by atoms with Crippen molar-refractivity contribution in [2.75, 3.05) is 27.2 Å². The average molecular weight is 827 g/mol. The van der Waals surface area contributed by atoms with Crippen LogP contribution in [0.3, 0.4) is 0 Å². The molecular weight excluding hydrogens is 757 g/mol. The number of hydrogen-bond donors (Lipinski definition) is 0. The van der Waals surface area contributed by atoms with Crippen molar-refractivity contribution >= 4 is 59.2 Å². The normalized spacial score (nSPS) is 25.4. The summed E-state index contributed by atoms with van der Waals surface area (Å²) in [5.74, 6) is 0. The Morgan fingerprint density at radius 3 is 0.692 bits per heavy atom. The van der Waals surface area contributed by atoms with E-state index >= 15 is 0 Å². The maximum atomic E-state index is 11.1. The molecule has 6 rings (SSSR count). The Hall–Kier alpha value is 2.71. The minimum Gasteiger partial charge on any atom is -0.870 e. The van der Waals surface area contributed by atoms with Crippen LogP contribution in [0.1, 0.15) is 181 Å². The number of nitrogens with zero attached hydrogens (tertiary/aromatic N) is 1. The zero-order valence-electron chi connectivity index (χ0n) is 33.9. The molecule has 0 unspecified atom stereocenters. The number of unbranched alkanes of at least 4 members (excludes halogenated alkanes) is 24. The van der Waals surface area contributed by atoms with Crippen LogP contribution in [0.5, 0.6) is 0 Å². The van der Waals surface area contributed by atoms with Crippen molar-refractivity contribution in [1.29, 1.82) is 0 Å². The minimum atomic E-state index is -4.48. The molecule has 0 aromatic rings. The second-order valence-electron chi connectivity index (χ2n) is 14.5. The Bertz CT molecular complexity index is 775. The molecule has 296 valence electrons. The molecule has 0 saturated carbocycles. The van der Waals surface area contributed by atoms with E-state index in [2.05, 4.69) is 52.6 Å². The summed E-state index contributed by atoms with van der Waals surface area (Å²) in [4.78, 5) is 44.5. The Kier molecular flexibility index (Phi) is 39.6. The third-order valence-electron chi connectivity index (χ3n) is 9.23. The van der Waals surface area contributed by atoms with Crippen molar-refractivity contribution in [3.63, 3.8) is 0 Å². The van der Waals surface area contributed by atoms with Crippen LogP contribution >= 0.6 is 0 Å². The molecule has 6 aliphatic rings. The van der Waals surface area contributed by atoms with Crippen LogP contribution in [-0.4, -0.2) is 102 Å². The molecule has 0 amide bonds. The standard InChI is InChI=1S/C32H68N.Li.Mg.Na.O10Si4.2H2O/c1-5-7-9-11-13-15-17-19-20-22-24-26-28-30-32-33(3,4)31-29-27-25-23-21-18-16-14-12-10-8-6-2;;;;1-11-5-12(2,6-11)10-14(4)7-13(3,8-14)9-11;;/h5-32H2,1-4H3;;;;;2*1H2/q2*+1;+2;+1;-4;;/p-2. The van der Waals surface area contributed by atoms with E-state index in [1.165, 1.54) is 185 Å². The molecule has 0 aromatic heterocycles. The number of hydrogen-bond acceptors (Lipinski definition) is 12. The van der Waals surface area contributed by atoms with E-state index in [4.69, 9.17) is 0 Å². The third-order valence-corrected chi connectivity index (χ3v) is 21.2. The molecule has 6 aliphatic heterocycles. The Morgan fingerprint density at radius 1 is 0.365 bits per heavy atom. The molecular formula is C32H70LiMgNNaO12Si4-. The van der Waals surface area contributed by atoms with Crippen LogP contribution in [-0.2, 0) is 24.7 Å². The first-order chi connectivity index (χ1) is 22.4. The van der Waals surface area contributed by atoms with Gasteiger partial charge in [0.15, 0.2) is 0 Å².